The molecule has 2 aromatic carbocycles. The van der Waals surface area contributed by atoms with Crippen LogP contribution in [0.25, 0.3) is 0 Å². The molecule has 116 valence electrons. The Morgan fingerprint density at radius 2 is 1.77 bits per heavy atom. The van der Waals surface area contributed by atoms with Gasteiger partial charge in [-0.15, -0.1) is 0 Å². The third-order valence-electron chi connectivity index (χ3n) is 3.20. The molecular formula is C17H18Cl2N2O. The minimum atomic E-state index is -0.274. The highest BCUT2D eigenvalue weighted by Crippen LogP contribution is 2.25. The van der Waals surface area contributed by atoms with Crippen molar-refractivity contribution in [3.63, 3.8) is 0 Å². The van der Waals surface area contributed by atoms with Crippen LogP contribution < -0.4 is 10.6 Å². The van der Waals surface area contributed by atoms with Crippen LogP contribution in [-0.2, 0) is 6.42 Å². The predicted octanol–water partition coefficient (Wildman–Crippen LogP) is 5.14. The van der Waals surface area contributed by atoms with Crippen LogP contribution in [0.3, 0.4) is 0 Å². The summed E-state index contributed by atoms with van der Waals surface area (Å²) in [6, 6.07) is 15.0. The van der Waals surface area contributed by atoms with Gasteiger partial charge in [0, 0.05) is 11.6 Å². The molecule has 0 saturated heterocycles. The van der Waals surface area contributed by atoms with Crippen LogP contribution in [0.1, 0.15) is 18.4 Å². The first-order valence-electron chi connectivity index (χ1n) is 7.19. The van der Waals surface area contributed by atoms with E-state index in [1.54, 1.807) is 18.2 Å². The molecule has 0 aliphatic carbocycles. The highest BCUT2D eigenvalue weighted by Gasteiger charge is 2.05. The second kappa shape index (κ2) is 8.66. The maximum absolute atomic E-state index is 11.8. The van der Waals surface area contributed by atoms with E-state index in [-0.39, 0.29) is 6.03 Å². The first-order chi connectivity index (χ1) is 10.6. The molecule has 0 saturated carbocycles. The molecule has 0 bridgehead atoms. The van der Waals surface area contributed by atoms with Crippen molar-refractivity contribution < 1.29 is 4.79 Å². The summed E-state index contributed by atoms with van der Waals surface area (Å²) in [5.41, 5.74) is 1.83. The molecule has 22 heavy (non-hydrogen) atoms. The molecule has 3 nitrogen and oxygen atoms in total. The molecule has 0 spiro atoms. The summed E-state index contributed by atoms with van der Waals surface area (Å²) < 4.78 is 0. The van der Waals surface area contributed by atoms with Gasteiger partial charge in [0.2, 0.25) is 0 Å². The summed E-state index contributed by atoms with van der Waals surface area (Å²) in [7, 11) is 0. The summed E-state index contributed by atoms with van der Waals surface area (Å²) in [6.45, 7) is 0.622. The van der Waals surface area contributed by atoms with E-state index in [1.165, 1.54) is 5.56 Å². The van der Waals surface area contributed by atoms with E-state index < -0.39 is 0 Å². The van der Waals surface area contributed by atoms with Crippen LogP contribution in [-0.4, -0.2) is 12.6 Å². The fourth-order valence-corrected chi connectivity index (χ4v) is 2.40. The number of benzene rings is 2. The number of carbonyl (C=O) groups excluding carboxylic acids is 1. The van der Waals surface area contributed by atoms with E-state index in [0.29, 0.717) is 22.3 Å². The van der Waals surface area contributed by atoms with Gasteiger partial charge in [0.05, 0.1) is 10.7 Å². The van der Waals surface area contributed by atoms with Gasteiger partial charge >= 0.3 is 6.03 Å². The molecule has 0 aromatic heterocycles. The van der Waals surface area contributed by atoms with Crippen molar-refractivity contribution in [1.29, 1.82) is 0 Å². The maximum atomic E-state index is 11.8. The standard InChI is InChI=1S/C17H18Cl2N2O/c18-14-9-10-15(19)16(12-14)21-17(22)20-11-5-4-8-13-6-2-1-3-7-13/h1-3,6-7,9-10,12H,4-5,8,11H2,(H2,20,21,22). The number of amides is 2. The number of anilines is 1. The third-order valence-corrected chi connectivity index (χ3v) is 3.76. The summed E-state index contributed by atoms with van der Waals surface area (Å²) >= 11 is 11.9. The van der Waals surface area contributed by atoms with E-state index in [9.17, 15) is 4.79 Å². The zero-order chi connectivity index (χ0) is 15.8. The highest BCUT2D eigenvalue weighted by molar-refractivity contribution is 6.35. The van der Waals surface area contributed by atoms with Gasteiger partial charge in [-0.3, -0.25) is 0 Å². The molecule has 0 unspecified atom stereocenters. The fourth-order valence-electron chi connectivity index (χ4n) is 2.06. The zero-order valence-electron chi connectivity index (χ0n) is 12.1. The van der Waals surface area contributed by atoms with Crippen LogP contribution in [0.4, 0.5) is 10.5 Å². The number of nitrogens with one attached hydrogen (secondary N) is 2. The fraction of sp³-hybridized carbons (Fsp3) is 0.235. The van der Waals surface area contributed by atoms with Gasteiger partial charge in [0.25, 0.3) is 0 Å². The topological polar surface area (TPSA) is 41.1 Å². The Bertz CT molecular complexity index is 617. The van der Waals surface area contributed by atoms with Crippen LogP contribution in [0.15, 0.2) is 48.5 Å². The van der Waals surface area contributed by atoms with Crippen molar-refractivity contribution in [2.45, 2.75) is 19.3 Å². The van der Waals surface area contributed by atoms with E-state index in [0.717, 1.165) is 19.3 Å². The SMILES string of the molecule is O=C(NCCCCc1ccccc1)Nc1cc(Cl)ccc1Cl. The Balaban J connectivity index is 1.66. The third kappa shape index (κ3) is 5.58. The van der Waals surface area contributed by atoms with Gasteiger partial charge in [-0.2, -0.15) is 0 Å². The van der Waals surface area contributed by atoms with Gasteiger partial charge in [0.1, 0.15) is 0 Å². The lowest BCUT2D eigenvalue weighted by atomic mass is 10.1. The largest absolute Gasteiger partial charge is 0.338 e. The summed E-state index contributed by atoms with van der Waals surface area (Å²) in [5.74, 6) is 0. The molecule has 5 heteroatoms. The van der Waals surface area contributed by atoms with Gasteiger partial charge in [0.15, 0.2) is 0 Å². The quantitative estimate of drug-likeness (QED) is 0.704. The van der Waals surface area contributed by atoms with E-state index in [4.69, 9.17) is 23.2 Å². The van der Waals surface area contributed by atoms with Crippen LogP contribution in [0.5, 0.6) is 0 Å². The number of halogens is 2. The van der Waals surface area contributed by atoms with Crippen molar-refractivity contribution >= 4 is 34.9 Å². The minimum Gasteiger partial charge on any atom is -0.338 e. The normalized spacial score (nSPS) is 10.3. The van der Waals surface area contributed by atoms with Gasteiger partial charge < -0.3 is 10.6 Å². The van der Waals surface area contributed by atoms with Crippen molar-refractivity contribution in [2.75, 3.05) is 11.9 Å². The van der Waals surface area contributed by atoms with Gasteiger partial charge in [-0.05, 0) is 43.0 Å². The highest BCUT2D eigenvalue weighted by atomic mass is 35.5. The number of hydrogen-bond donors (Lipinski definition) is 2. The molecule has 2 rings (SSSR count). The second-order valence-corrected chi connectivity index (χ2v) is 5.79. The Morgan fingerprint density at radius 3 is 2.55 bits per heavy atom. The monoisotopic (exact) mass is 336 g/mol. The first kappa shape index (κ1) is 16.7. The van der Waals surface area contributed by atoms with E-state index in [1.807, 2.05) is 18.2 Å². The molecule has 0 heterocycles. The Hall–Kier alpha value is -1.71. The average molecular weight is 337 g/mol. The molecule has 2 aromatic rings. The average Bonchev–Trinajstić information content (AvgIpc) is 2.51. The van der Waals surface area contributed by atoms with Gasteiger partial charge in [-0.25, -0.2) is 4.79 Å². The molecular weight excluding hydrogens is 319 g/mol. The van der Waals surface area contributed by atoms with Crippen molar-refractivity contribution in [3.8, 4) is 0 Å². The maximum Gasteiger partial charge on any atom is 0.319 e. The number of aryl methyl sites for hydroxylation is 1. The molecule has 0 radical (unpaired) electrons. The Labute approximate surface area is 140 Å². The number of urea groups is 1. The lowest BCUT2D eigenvalue weighted by molar-refractivity contribution is 0.252. The second-order valence-electron chi connectivity index (χ2n) is 4.95. The van der Waals surface area contributed by atoms with Crippen LogP contribution in [0.2, 0.25) is 10.0 Å². The summed E-state index contributed by atoms with van der Waals surface area (Å²) in [5, 5.41) is 6.50. The zero-order valence-corrected chi connectivity index (χ0v) is 13.6. The van der Waals surface area contributed by atoms with E-state index in [2.05, 4.69) is 22.8 Å². The minimum absolute atomic E-state index is 0.274. The number of carbonyl (C=O) groups is 1. The summed E-state index contributed by atoms with van der Waals surface area (Å²) in [4.78, 5) is 11.8. The molecule has 0 aliphatic rings. The number of unbranched alkanes of at least 4 members (excludes halogenated alkanes) is 1. The van der Waals surface area contributed by atoms with Crippen LogP contribution in [0, 0.1) is 0 Å². The predicted molar refractivity (Wildman–Crippen MR) is 92.9 cm³/mol. The smallest absolute Gasteiger partial charge is 0.319 e. The van der Waals surface area contributed by atoms with E-state index >= 15 is 0 Å². The summed E-state index contributed by atoms with van der Waals surface area (Å²) in [6.07, 6.45) is 2.97. The molecule has 0 fully saturated rings. The molecule has 2 amide bonds. The Morgan fingerprint density at radius 1 is 1.00 bits per heavy atom. The van der Waals surface area contributed by atoms with Crippen molar-refractivity contribution in [2.24, 2.45) is 0 Å². The van der Waals surface area contributed by atoms with Crippen LogP contribution >= 0.6 is 23.2 Å². The number of rotatable bonds is 6. The Kier molecular flexibility index (Phi) is 6.56. The molecule has 2 N–H and O–H groups in total. The lowest BCUT2D eigenvalue weighted by Crippen LogP contribution is -2.29. The molecule has 0 atom stereocenters. The molecule has 0 aliphatic heterocycles. The van der Waals surface area contributed by atoms with Crippen molar-refractivity contribution in [1.82, 2.24) is 5.32 Å². The van der Waals surface area contributed by atoms with Crippen molar-refractivity contribution in [3.05, 3.63) is 64.1 Å². The van der Waals surface area contributed by atoms with Gasteiger partial charge in [-0.1, -0.05) is 53.5 Å². The first-order valence-corrected chi connectivity index (χ1v) is 7.94. The lowest BCUT2D eigenvalue weighted by Gasteiger charge is -2.09. The number of hydrogen-bond acceptors (Lipinski definition) is 1.